The molecule has 0 N–H and O–H groups in total. The predicted octanol–water partition coefficient (Wildman–Crippen LogP) is 4.64. The third-order valence-corrected chi connectivity index (χ3v) is 3.20. The molecule has 0 spiro atoms. The highest BCUT2D eigenvalue weighted by Crippen LogP contribution is 2.31. The summed E-state index contributed by atoms with van der Waals surface area (Å²) in [6.45, 7) is 3.93. The third kappa shape index (κ3) is 2.84. The number of rotatable bonds is 2. The van der Waals surface area contributed by atoms with E-state index in [1.165, 1.54) is 0 Å². The fraction of sp³-hybridized carbons (Fsp3) is 0.250. The van der Waals surface area contributed by atoms with E-state index in [0.29, 0.717) is 17.0 Å². The fourth-order valence-electron chi connectivity index (χ4n) is 1.24. The summed E-state index contributed by atoms with van der Waals surface area (Å²) < 4.78 is 0.925. The summed E-state index contributed by atoms with van der Waals surface area (Å²) in [6.07, 6.45) is 0.648. The molecule has 1 nitrogen and oxygen atoms in total. The van der Waals surface area contributed by atoms with Gasteiger partial charge in [-0.2, -0.15) is 5.26 Å². The van der Waals surface area contributed by atoms with Gasteiger partial charge in [-0.1, -0.05) is 46.6 Å². The van der Waals surface area contributed by atoms with E-state index < -0.39 is 0 Å². The Kier molecular flexibility index (Phi) is 4.38. The van der Waals surface area contributed by atoms with Crippen LogP contribution in [0.1, 0.15) is 24.5 Å². The predicted molar refractivity (Wildman–Crippen MR) is 67.6 cm³/mol. The molecular formula is C12H11BrClN. The largest absolute Gasteiger partial charge is 0.193 e. The topological polar surface area (TPSA) is 23.8 Å². The first-order valence-electron chi connectivity index (χ1n) is 4.65. The first-order chi connectivity index (χ1) is 7.10. The molecular weight excluding hydrogens is 273 g/mol. The van der Waals surface area contributed by atoms with Crippen LogP contribution in [-0.2, 0) is 0 Å². The summed E-state index contributed by atoms with van der Waals surface area (Å²) in [5.74, 6) is 0. The van der Waals surface area contributed by atoms with Gasteiger partial charge in [-0.05, 0) is 25.0 Å². The van der Waals surface area contributed by atoms with Crippen molar-refractivity contribution in [3.05, 3.63) is 39.4 Å². The van der Waals surface area contributed by atoms with Crippen molar-refractivity contribution in [3.8, 4) is 6.07 Å². The summed E-state index contributed by atoms with van der Waals surface area (Å²) in [4.78, 5) is 0. The molecule has 1 rings (SSSR count). The monoisotopic (exact) mass is 283 g/mol. The van der Waals surface area contributed by atoms with Crippen molar-refractivity contribution in [2.45, 2.75) is 20.3 Å². The summed E-state index contributed by atoms with van der Waals surface area (Å²) in [6, 6.07) is 8.01. The molecule has 15 heavy (non-hydrogen) atoms. The molecule has 0 aromatic heterocycles. The Morgan fingerprint density at radius 2 is 2.20 bits per heavy atom. The first-order valence-corrected chi connectivity index (χ1v) is 5.82. The van der Waals surface area contributed by atoms with Gasteiger partial charge in [0.15, 0.2) is 0 Å². The zero-order chi connectivity index (χ0) is 11.4. The lowest BCUT2D eigenvalue weighted by Gasteiger charge is -2.05. The summed E-state index contributed by atoms with van der Waals surface area (Å²) in [5.41, 5.74) is 2.65. The Morgan fingerprint density at radius 3 is 2.67 bits per heavy atom. The molecule has 1 aromatic carbocycles. The molecule has 0 bridgehead atoms. The van der Waals surface area contributed by atoms with Gasteiger partial charge in [-0.15, -0.1) is 0 Å². The van der Waals surface area contributed by atoms with E-state index in [0.717, 1.165) is 15.6 Å². The number of allylic oxidation sites excluding steroid dienone is 1. The normalized spacial score (nSPS) is 11.9. The van der Waals surface area contributed by atoms with Crippen molar-refractivity contribution in [1.82, 2.24) is 0 Å². The van der Waals surface area contributed by atoms with Crippen LogP contribution in [0.4, 0.5) is 0 Å². The second-order valence-corrected chi connectivity index (χ2v) is 4.47. The van der Waals surface area contributed by atoms with Gasteiger partial charge in [0.05, 0.1) is 11.1 Å². The minimum atomic E-state index is 0.534. The molecule has 78 valence electrons. The summed E-state index contributed by atoms with van der Waals surface area (Å²) in [7, 11) is 0. The van der Waals surface area contributed by atoms with Crippen LogP contribution in [0.3, 0.4) is 0 Å². The molecule has 0 radical (unpaired) electrons. The lowest BCUT2D eigenvalue weighted by Crippen LogP contribution is -1.86. The number of halogens is 2. The van der Waals surface area contributed by atoms with E-state index in [1.54, 1.807) is 0 Å². The van der Waals surface area contributed by atoms with Crippen LogP contribution in [0.2, 0.25) is 0 Å². The second kappa shape index (κ2) is 5.34. The molecule has 3 heteroatoms. The highest BCUT2D eigenvalue weighted by molar-refractivity contribution is 9.10. The van der Waals surface area contributed by atoms with Crippen LogP contribution in [0, 0.1) is 18.3 Å². The van der Waals surface area contributed by atoms with Crippen molar-refractivity contribution >= 4 is 32.6 Å². The average molecular weight is 285 g/mol. The van der Waals surface area contributed by atoms with Crippen LogP contribution >= 0.6 is 27.5 Å². The number of benzene rings is 1. The SMILES string of the molecule is CC/C(C#N)=C(/Cl)c1ccc(C)cc1Br. The van der Waals surface area contributed by atoms with Gasteiger partial charge in [0.2, 0.25) is 0 Å². The van der Waals surface area contributed by atoms with Crippen molar-refractivity contribution in [3.63, 3.8) is 0 Å². The van der Waals surface area contributed by atoms with Gasteiger partial charge >= 0.3 is 0 Å². The highest BCUT2D eigenvalue weighted by Gasteiger charge is 2.08. The molecule has 0 heterocycles. The van der Waals surface area contributed by atoms with E-state index in [1.807, 2.05) is 32.0 Å². The standard InChI is InChI=1S/C12H11BrClN/c1-3-9(7-15)12(14)10-5-4-8(2)6-11(10)13/h4-6H,3H2,1-2H3/b12-9-. The molecule has 0 atom stereocenters. The van der Waals surface area contributed by atoms with E-state index in [9.17, 15) is 0 Å². The van der Waals surface area contributed by atoms with Crippen LogP contribution < -0.4 is 0 Å². The fourth-order valence-corrected chi connectivity index (χ4v) is 2.39. The lowest BCUT2D eigenvalue weighted by atomic mass is 10.1. The minimum Gasteiger partial charge on any atom is -0.193 e. The Bertz CT molecular complexity index is 443. The number of nitrogens with zero attached hydrogens (tertiary/aromatic N) is 1. The van der Waals surface area contributed by atoms with Crippen LogP contribution in [0.5, 0.6) is 0 Å². The first kappa shape index (κ1) is 12.3. The average Bonchev–Trinajstić information content (AvgIpc) is 2.19. The third-order valence-electron chi connectivity index (χ3n) is 2.11. The summed E-state index contributed by atoms with van der Waals surface area (Å²) >= 11 is 9.60. The lowest BCUT2D eigenvalue weighted by molar-refractivity contribution is 1.16. The maximum atomic E-state index is 8.90. The van der Waals surface area contributed by atoms with E-state index in [2.05, 4.69) is 22.0 Å². The van der Waals surface area contributed by atoms with Crippen LogP contribution in [0.15, 0.2) is 28.2 Å². The quantitative estimate of drug-likeness (QED) is 0.726. The van der Waals surface area contributed by atoms with Gasteiger partial charge in [0.1, 0.15) is 0 Å². The molecule has 0 aliphatic rings. The number of nitriles is 1. The van der Waals surface area contributed by atoms with Gasteiger partial charge in [-0.3, -0.25) is 0 Å². The molecule has 0 amide bonds. The smallest absolute Gasteiger partial charge is 0.0962 e. The maximum Gasteiger partial charge on any atom is 0.0962 e. The zero-order valence-corrected chi connectivity index (χ0v) is 11.0. The van der Waals surface area contributed by atoms with Crippen LogP contribution in [-0.4, -0.2) is 0 Å². The number of aryl methyl sites for hydroxylation is 1. The van der Waals surface area contributed by atoms with Crippen molar-refractivity contribution in [1.29, 1.82) is 5.26 Å². The van der Waals surface area contributed by atoms with Crippen molar-refractivity contribution in [2.75, 3.05) is 0 Å². The maximum absolute atomic E-state index is 8.90. The zero-order valence-electron chi connectivity index (χ0n) is 8.64. The Labute approximate surface area is 103 Å². The van der Waals surface area contributed by atoms with Crippen LogP contribution in [0.25, 0.3) is 5.03 Å². The Hall–Kier alpha value is -0.780. The Morgan fingerprint density at radius 1 is 1.53 bits per heavy atom. The van der Waals surface area contributed by atoms with Gasteiger partial charge in [-0.25, -0.2) is 0 Å². The molecule has 0 unspecified atom stereocenters. The summed E-state index contributed by atoms with van der Waals surface area (Å²) in [5, 5.41) is 9.43. The number of hydrogen-bond donors (Lipinski definition) is 0. The molecule has 1 aromatic rings. The van der Waals surface area contributed by atoms with Crippen molar-refractivity contribution in [2.24, 2.45) is 0 Å². The van der Waals surface area contributed by atoms with Gasteiger partial charge in [0.25, 0.3) is 0 Å². The molecule has 0 fully saturated rings. The highest BCUT2D eigenvalue weighted by atomic mass is 79.9. The van der Waals surface area contributed by atoms with Gasteiger partial charge < -0.3 is 0 Å². The van der Waals surface area contributed by atoms with E-state index >= 15 is 0 Å². The number of hydrogen-bond acceptors (Lipinski definition) is 1. The molecule has 0 aliphatic heterocycles. The van der Waals surface area contributed by atoms with E-state index in [4.69, 9.17) is 16.9 Å². The minimum absolute atomic E-state index is 0.534. The van der Waals surface area contributed by atoms with Gasteiger partial charge in [0, 0.05) is 15.6 Å². The molecule has 0 saturated heterocycles. The Balaban J connectivity index is 3.29. The molecule has 0 saturated carbocycles. The second-order valence-electron chi connectivity index (χ2n) is 3.24. The molecule has 0 aliphatic carbocycles. The van der Waals surface area contributed by atoms with Crippen molar-refractivity contribution < 1.29 is 0 Å². The van der Waals surface area contributed by atoms with E-state index in [-0.39, 0.29) is 0 Å².